The molecule has 0 saturated heterocycles. The van der Waals surface area contributed by atoms with Crippen LogP contribution in [0.5, 0.6) is 5.75 Å². The van der Waals surface area contributed by atoms with Crippen LogP contribution < -0.4 is 5.43 Å². The fraction of sp³-hybridized carbons (Fsp3) is 0. The quantitative estimate of drug-likeness (QED) is 0.611. The van der Waals surface area contributed by atoms with Gasteiger partial charge in [-0.2, -0.15) is 5.10 Å². The maximum Gasteiger partial charge on any atom is 0.272 e. The minimum absolute atomic E-state index is 0.129. The first-order valence-corrected chi connectivity index (χ1v) is 7.29. The molecule has 0 aliphatic rings. The summed E-state index contributed by atoms with van der Waals surface area (Å²) in [6.45, 7) is 0. The van der Waals surface area contributed by atoms with Crippen molar-refractivity contribution in [2.75, 3.05) is 0 Å². The molecule has 108 valence electrons. The number of carbonyl (C=O) groups is 1. The minimum atomic E-state index is -0.439. The molecular formula is C14H9BrCl2N2O2. The van der Waals surface area contributed by atoms with E-state index in [2.05, 4.69) is 26.5 Å². The topological polar surface area (TPSA) is 61.7 Å². The van der Waals surface area contributed by atoms with Gasteiger partial charge < -0.3 is 5.11 Å². The van der Waals surface area contributed by atoms with Gasteiger partial charge in [-0.15, -0.1) is 0 Å². The molecule has 0 heterocycles. The predicted molar refractivity (Wildman–Crippen MR) is 87.3 cm³/mol. The molecule has 2 aromatic rings. The monoisotopic (exact) mass is 386 g/mol. The fourth-order valence-electron chi connectivity index (χ4n) is 1.50. The van der Waals surface area contributed by atoms with E-state index in [1.54, 1.807) is 18.2 Å². The molecule has 2 rings (SSSR count). The Morgan fingerprint density at radius 1 is 1.24 bits per heavy atom. The van der Waals surface area contributed by atoms with Gasteiger partial charge in [0.1, 0.15) is 5.75 Å². The third-order valence-corrected chi connectivity index (χ3v) is 3.71. The molecule has 2 aromatic carbocycles. The van der Waals surface area contributed by atoms with Crippen LogP contribution in [0, 0.1) is 0 Å². The number of aromatic hydroxyl groups is 1. The first-order chi connectivity index (χ1) is 9.97. The zero-order chi connectivity index (χ0) is 15.4. The van der Waals surface area contributed by atoms with Crippen LogP contribution in [-0.4, -0.2) is 17.2 Å². The Balaban J connectivity index is 2.06. The molecule has 0 bridgehead atoms. The van der Waals surface area contributed by atoms with Crippen LogP contribution in [0.4, 0.5) is 0 Å². The zero-order valence-electron chi connectivity index (χ0n) is 10.5. The molecule has 0 atom stereocenters. The van der Waals surface area contributed by atoms with Gasteiger partial charge in [-0.05, 0) is 57.9 Å². The molecule has 2 N–H and O–H groups in total. The number of nitrogens with zero attached hydrogens (tertiary/aromatic N) is 1. The highest BCUT2D eigenvalue weighted by molar-refractivity contribution is 9.10. The summed E-state index contributed by atoms with van der Waals surface area (Å²) < 4.78 is 0.540. The van der Waals surface area contributed by atoms with Crippen molar-refractivity contribution >= 4 is 51.3 Å². The summed E-state index contributed by atoms with van der Waals surface area (Å²) >= 11 is 14.9. The van der Waals surface area contributed by atoms with E-state index in [-0.39, 0.29) is 16.3 Å². The van der Waals surface area contributed by atoms with Crippen molar-refractivity contribution in [2.45, 2.75) is 0 Å². The Hall–Kier alpha value is -1.56. The van der Waals surface area contributed by atoms with E-state index in [1.807, 2.05) is 0 Å². The molecular weight excluding hydrogens is 379 g/mol. The predicted octanol–water partition coefficient (Wildman–Crippen LogP) is 4.23. The van der Waals surface area contributed by atoms with Crippen LogP contribution in [-0.2, 0) is 0 Å². The van der Waals surface area contributed by atoms with Crippen molar-refractivity contribution in [2.24, 2.45) is 5.10 Å². The van der Waals surface area contributed by atoms with E-state index >= 15 is 0 Å². The van der Waals surface area contributed by atoms with Gasteiger partial charge in [0.2, 0.25) is 0 Å². The summed E-state index contributed by atoms with van der Waals surface area (Å²) in [7, 11) is 0. The number of phenolic OH excluding ortho intramolecular Hbond substituents is 1. The molecule has 21 heavy (non-hydrogen) atoms. The lowest BCUT2D eigenvalue weighted by atomic mass is 10.2. The number of carbonyl (C=O) groups excluding carboxylic acids is 1. The number of benzene rings is 2. The van der Waals surface area contributed by atoms with Gasteiger partial charge in [-0.1, -0.05) is 23.2 Å². The number of hydrogen-bond acceptors (Lipinski definition) is 3. The van der Waals surface area contributed by atoms with Gasteiger partial charge in [0.25, 0.3) is 5.91 Å². The summed E-state index contributed by atoms with van der Waals surface area (Å²) in [5.74, 6) is -0.310. The zero-order valence-corrected chi connectivity index (χ0v) is 13.6. The van der Waals surface area contributed by atoms with Gasteiger partial charge in [-0.3, -0.25) is 4.79 Å². The van der Waals surface area contributed by atoms with Crippen molar-refractivity contribution < 1.29 is 9.90 Å². The maximum atomic E-state index is 11.9. The minimum Gasteiger partial charge on any atom is -0.507 e. The first kappa shape index (κ1) is 15.8. The van der Waals surface area contributed by atoms with E-state index in [0.29, 0.717) is 15.1 Å². The third-order valence-electron chi connectivity index (χ3n) is 2.53. The second-order valence-electron chi connectivity index (χ2n) is 4.03. The van der Waals surface area contributed by atoms with E-state index in [4.69, 9.17) is 23.2 Å². The number of rotatable bonds is 3. The average molecular weight is 388 g/mol. The Labute approximate surface area is 139 Å². The van der Waals surface area contributed by atoms with Crippen LogP contribution in [0.15, 0.2) is 46.0 Å². The summed E-state index contributed by atoms with van der Waals surface area (Å²) in [4.78, 5) is 11.9. The van der Waals surface area contributed by atoms with Gasteiger partial charge in [0.15, 0.2) is 0 Å². The summed E-state index contributed by atoms with van der Waals surface area (Å²) in [6, 6.07) is 9.42. The average Bonchev–Trinajstić information content (AvgIpc) is 2.42. The third kappa shape index (κ3) is 4.20. The van der Waals surface area contributed by atoms with Crippen LogP contribution >= 0.6 is 39.1 Å². The first-order valence-electron chi connectivity index (χ1n) is 5.74. The molecule has 0 aliphatic heterocycles. The smallest absolute Gasteiger partial charge is 0.272 e. The molecule has 0 fully saturated rings. The van der Waals surface area contributed by atoms with Gasteiger partial charge in [0, 0.05) is 5.02 Å². The lowest BCUT2D eigenvalue weighted by Crippen LogP contribution is -2.18. The largest absolute Gasteiger partial charge is 0.507 e. The van der Waals surface area contributed by atoms with Crippen molar-refractivity contribution in [3.63, 3.8) is 0 Å². The van der Waals surface area contributed by atoms with Gasteiger partial charge in [-0.25, -0.2) is 5.43 Å². The normalized spacial score (nSPS) is 10.8. The number of phenols is 1. The summed E-state index contributed by atoms with van der Waals surface area (Å²) in [6.07, 6.45) is 1.45. The molecule has 0 saturated carbocycles. The number of hydrazone groups is 1. The Kier molecular flexibility index (Phi) is 5.22. The van der Waals surface area contributed by atoms with Crippen LogP contribution in [0.3, 0.4) is 0 Å². The number of amides is 1. The molecule has 0 aromatic heterocycles. The standard InChI is InChI=1S/C14H9BrCl2N2O2/c15-11-5-8(1-4-13(11)20)7-18-19-14(21)10-3-2-9(16)6-12(10)17/h1-7,20H,(H,19,21)/b18-7-. The number of halogens is 3. The molecule has 1 amide bonds. The van der Waals surface area contributed by atoms with E-state index in [0.717, 1.165) is 0 Å². The highest BCUT2D eigenvalue weighted by atomic mass is 79.9. The maximum absolute atomic E-state index is 11.9. The molecule has 7 heteroatoms. The van der Waals surface area contributed by atoms with E-state index in [1.165, 1.54) is 24.4 Å². The molecule has 0 unspecified atom stereocenters. The molecule has 4 nitrogen and oxygen atoms in total. The summed E-state index contributed by atoms with van der Waals surface area (Å²) in [5.41, 5.74) is 3.36. The lowest BCUT2D eigenvalue weighted by molar-refractivity contribution is 0.0955. The Morgan fingerprint density at radius 2 is 2.00 bits per heavy atom. The second-order valence-corrected chi connectivity index (χ2v) is 5.73. The molecule has 0 radical (unpaired) electrons. The van der Waals surface area contributed by atoms with Crippen molar-refractivity contribution in [3.05, 3.63) is 62.0 Å². The SMILES string of the molecule is O=C(N/N=C\c1ccc(O)c(Br)c1)c1ccc(Cl)cc1Cl. The van der Waals surface area contributed by atoms with Crippen molar-refractivity contribution in [3.8, 4) is 5.75 Å². The van der Waals surface area contributed by atoms with Crippen LogP contribution in [0.2, 0.25) is 10.0 Å². The van der Waals surface area contributed by atoms with E-state index < -0.39 is 5.91 Å². The number of nitrogens with one attached hydrogen (secondary N) is 1. The van der Waals surface area contributed by atoms with Crippen molar-refractivity contribution in [1.82, 2.24) is 5.43 Å². The van der Waals surface area contributed by atoms with Crippen LogP contribution in [0.1, 0.15) is 15.9 Å². The molecule has 0 aliphatic carbocycles. The Morgan fingerprint density at radius 3 is 2.67 bits per heavy atom. The van der Waals surface area contributed by atoms with Gasteiger partial charge >= 0.3 is 0 Å². The summed E-state index contributed by atoms with van der Waals surface area (Å²) in [5, 5.41) is 13.9. The van der Waals surface area contributed by atoms with Gasteiger partial charge in [0.05, 0.1) is 21.3 Å². The highest BCUT2D eigenvalue weighted by Crippen LogP contribution is 2.23. The van der Waals surface area contributed by atoms with Crippen LogP contribution in [0.25, 0.3) is 0 Å². The number of hydrogen-bond donors (Lipinski definition) is 2. The highest BCUT2D eigenvalue weighted by Gasteiger charge is 2.09. The Bertz CT molecular complexity index is 720. The van der Waals surface area contributed by atoms with Crippen molar-refractivity contribution in [1.29, 1.82) is 0 Å². The van der Waals surface area contributed by atoms with E-state index in [9.17, 15) is 9.90 Å². The second kappa shape index (κ2) is 6.93. The molecule has 0 spiro atoms. The fourth-order valence-corrected chi connectivity index (χ4v) is 2.39. The lowest BCUT2D eigenvalue weighted by Gasteiger charge is -2.03.